The lowest BCUT2D eigenvalue weighted by Gasteiger charge is -2.35. The van der Waals surface area contributed by atoms with E-state index in [1.165, 1.54) is 0 Å². The van der Waals surface area contributed by atoms with E-state index in [0.717, 1.165) is 6.42 Å². The number of nitrogens with zero attached hydrogens (tertiary/aromatic N) is 1. The largest absolute Gasteiger partial charge is 0.481 e. The van der Waals surface area contributed by atoms with Gasteiger partial charge in [0, 0.05) is 33.4 Å². The van der Waals surface area contributed by atoms with Crippen LogP contribution in [0.15, 0.2) is 0 Å². The number of carboxylic acid groups (broad SMARTS) is 1. The van der Waals surface area contributed by atoms with Gasteiger partial charge in [-0.25, -0.2) is 0 Å². The molecule has 2 atom stereocenters. The fourth-order valence-electron chi connectivity index (χ4n) is 2.26. The number of rotatable bonds is 11. The molecular formula is C14H29NO4. The highest BCUT2D eigenvalue weighted by Gasteiger charge is 2.35. The number of hydrogen-bond donors (Lipinski definition) is 1. The molecule has 0 bridgehead atoms. The Kier molecular flexibility index (Phi) is 8.97. The molecule has 0 saturated carbocycles. The van der Waals surface area contributed by atoms with Gasteiger partial charge in [0.05, 0.1) is 18.6 Å². The number of carboxylic acids is 1. The zero-order valence-electron chi connectivity index (χ0n) is 12.9. The molecule has 1 N–H and O–H groups in total. The summed E-state index contributed by atoms with van der Waals surface area (Å²) in [5, 5.41) is 9.46. The molecule has 0 fully saturated rings. The van der Waals surface area contributed by atoms with Crippen molar-refractivity contribution in [3.05, 3.63) is 0 Å². The molecule has 0 aromatic rings. The highest BCUT2D eigenvalue weighted by atomic mass is 16.5. The first-order valence-corrected chi connectivity index (χ1v) is 6.86. The smallest absolute Gasteiger partial charge is 0.310 e. The highest BCUT2D eigenvalue weighted by Crippen LogP contribution is 2.26. The SMILES string of the molecule is CCCC(C)(CN(CCOC)C(C)COC)C(=O)O. The van der Waals surface area contributed by atoms with Gasteiger partial charge in [0.15, 0.2) is 0 Å². The lowest BCUT2D eigenvalue weighted by Crippen LogP contribution is -2.47. The van der Waals surface area contributed by atoms with Crippen LogP contribution in [0.2, 0.25) is 0 Å². The van der Waals surface area contributed by atoms with Crippen molar-refractivity contribution in [3.63, 3.8) is 0 Å². The third kappa shape index (κ3) is 6.36. The minimum atomic E-state index is -0.735. The number of aliphatic carboxylic acids is 1. The summed E-state index contributed by atoms with van der Waals surface area (Å²) in [5.74, 6) is -0.735. The first-order valence-electron chi connectivity index (χ1n) is 6.86. The molecule has 0 aliphatic heterocycles. The Bertz CT molecular complexity index is 260. The summed E-state index contributed by atoms with van der Waals surface area (Å²) in [7, 11) is 3.31. The van der Waals surface area contributed by atoms with Gasteiger partial charge in [0.2, 0.25) is 0 Å². The van der Waals surface area contributed by atoms with Crippen LogP contribution in [-0.4, -0.2) is 62.5 Å². The van der Waals surface area contributed by atoms with Gasteiger partial charge in [0.25, 0.3) is 0 Å². The predicted octanol–water partition coefficient (Wildman–Crippen LogP) is 1.86. The molecule has 0 rings (SSSR count). The van der Waals surface area contributed by atoms with E-state index in [2.05, 4.69) is 4.90 Å². The van der Waals surface area contributed by atoms with Crippen LogP contribution in [0, 0.1) is 5.41 Å². The molecule has 0 radical (unpaired) electrons. The topological polar surface area (TPSA) is 59.0 Å². The molecule has 0 amide bonds. The molecule has 19 heavy (non-hydrogen) atoms. The maximum absolute atomic E-state index is 11.5. The second kappa shape index (κ2) is 9.28. The summed E-state index contributed by atoms with van der Waals surface area (Å²) in [4.78, 5) is 13.6. The van der Waals surface area contributed by atoms with Crippen LogP contribution in [0.4, 0.5) is 0 Å². The Labute approximate surface area is 116 Å². The number of methoxy groups -OCH3 is 2. The van der Waals surface area contributed by atoms with Crippen LogP contribution < -0.4 is 0 Å². The third-order valence-electron chi connectivity index (χ3n) is 3.48. The second-order valence-electron chi connectivity index (χ2n) is 5.38. The quantitative estimate of drug-likeness (QED) is 0.623. The number of hydrogen-bond acceptors (Lipinski definition) is 4. The van der Waals surface area contributed by atoms with Crippen molar-refractivity contribution in [1.29, 1.82) is 0 Å². The van der Waals surface area contributed by atoms with Crippen molar-refractivity contribution in [2.24, 2.45) is 5.41 Å². The Hall–Kier alpha value is -0.650. The lowest BCUT2D eigenvalue weighted by atomic mass is 9.84. The highest BCUT2D eigenvalue weighted by molar-refractivity contribution is 5.74. The van der Waals surface area contributed by atoms with E-state index in [0.29, 0.717) is 32.7 Å². The van der Waals surface area contributed by atoms with Crippen LogP contribution in [0.5, 0.6) is 0 Å². The molecule has 5 nitrogen and oxygen atoms in total. The normalized spacial score (nSPS) is 16.3. The van der Waals surface area contributed by atoms with Gasteiger partial charge in [-0.3, -0.25) is 9.69 Å². The lowest BCUT2D eigenvalue weighted by molar-refractivity contribution is -0.150. The first kappa shape index (κ1) is 18.4. The maximum atomic E-state index is 11.5. The monoisotopic (exact) mass is 275 g/mol. The van der Waals surface area contributed by atoms with Gasteiger partial charge in [-0.1, -0.05) is 13.3 Å². The minimum Gasteiger partial charge on any atom is -0.481 e. The van der Waals surface area contributed by atoms with E-state index in [1.54, 1.807) is 14.2 Å². The molecule has 0 aliphatic rings. The van der Waals surface area contributed by atoms with Gasteiger partial charge in [-0.2, -0.15) is 0 Å². The average Bonchev–Trinajstić information content (AvgIpc) is 2.34. The van der Waals surface area contributed by atoms with E-state index in [-0.39, 0.29) is 6.04 Å². The Morgan fingerprint density at radius 3 is 2.42 bits per heavy atom. The van der Waals surface area contributed by atoms with Gasteiger partial charge in [-0.15, -0.1) is 0 Å². The second-order valence-corrected chi connectivity index (χ2v) is 5.38. The van der Waals surface area contributed by atoms with E-state index in [1.807, 2.05) is 20.8 Å². The summed E-state index contributed by atoms with van der Waals surface area (Å²) in [6, 6.07) is 0.177. The molecule has 114 valence electrons. The molecule has 0 heterocycles. The van der Waals surface area contributed by atoms with Crippen LogP contribution >= 0.6 is 0 Å². The molecule has 0 aromatic carbocycles. The van der Waals surface area contributed by atoms with Crippen molar-refractivity contribution in [2.45, 2.75) is 39.7 Å². The zero-order chi connectivity index (χ0) is 14.9. The summed E-state index contributed by atoms with van der Waals surface area (Å²) in [6.07, 6.45) is 1.53. The number of carbonyl (C=O) groups is 1. The Balaban J connectivity index is 4.78. The predicted molar refractivity (Wildman–Crippen MR) is 75.4 cm³/mol. The van der Waals surface area contributed by atoms with E-state index < -0.39 is 11.4 Å². The van der Waals surface area contributed by atoms with Crippen LogP contribution in [0.25, 0.3) is 0 Å². The van der Waals surface area contributed by atoms with Crippen LogP contribution in [0.1, 0.15) is 33.6 Å². The fraction of sp³-hybridized carbons (Fsp3) is 0.929. The van der Waals surface area contributed by atoms with E-state index in [4.69, 9.17) is 9.47 Å². The van der Waals surface area contributed by atoms with Gasteiger partial charge in [-0.05, 0) is 20.3 Å². The van der Waals surface area contributed by atoms with Crippen molar-refractivity contribution in [2.75, 3.05) is 40.5 Å². The van der Waals surface area contributed by atoms with Crippen LogP contribution in [0.3, 0.4) is 0 Å². The molecule has 0 aliphatic carbocycles. The Morgan fingerprint density at radius 1 is 1.37 bits per heavy atom. The van der Waals surface area contributed by atoms with Crippen molar-refractivity contribution >= 4 is 5.97 Å². The fourth-order valence-corrected chi connectivity index (χ4v) is 2.26. The van der Waals surface area contributed by atoms with E-state index >= 15 is 0 Å². The minimum absolute atomic E-state index is 0.177. The van der Waals surface area contributed by atoms with Crippen LogP contribution in [-0.2, 0) is 14.3 Å². The number of ether oxygens (including phenoxy) is 2. The summed E-state index contributed by atoms with van der Waals surface area (Å²) in [6.45, 7) is 8.30. The van der Waals surface area contributed by atoms with Crippen molar-refractivity contribution in [1.82, 2.24) is 4.90 Å². The standard InChI is InChI=1S/C14H29NO4/c1-6-7-14(3,13(16)17)11-15(8-9-18-4)12(2)10-19-5/h12H,6-11H2,1-5H3,(H,16,17). The van der Waals surface area contributed by atoms with Crippen molar-refractivity contribution in [3.8, 4) is 0 Å². The molecule has 0 aromatic heterocycles. The molecule has 2 unspecified atom stereocenters. The first-order chi connectivity index (χ1) is 8.91. The molecular weight excluding hydrogens is 246 g/mol. The molecule has 0 saturated heterocycles. The summed E-state index contributed by atoms with van der Waals surface area (Å²) < 4.78 is 10.3. The molecule has 0 spiro atoms. The summed E-state index contributed by atoms with van der Waals surface area (Å²) in [5.41, 5.74) is -0.718. The van der Waals surface area contributed by atoms with Gasteiger partial charge >= 0.3 is 5.97 Å². The van der Waals surface area contributed by atoms with Crippen molar-refractivity contribution < 1.29 is 19.4 Å². The Morgan fingerprint density at radius 2 is 2.00 bits per heavy atom. The third-order valence-corrected chi connectivity index (χ3v) is 3.48. The maximum Gasteiger partial charge on any atom is 0.310 e. The summed E-state index contributed by atoms with van der Waals surface area (Å²) >= 11 is 0. The van der Waals surface area contributed by atoms with Gasteiger partial charge in [0.1, 0.15) is 0 Å². The van der Waals surface area contributed by atoms with Gasteiger partial charge < -0.3 is 14.6 Å². The van der Waals surface area contributed by atoms with E-state index in [9.17, 15) is 9.90 Å². The zero-order valence-corrected chi connectivity index (χ0v) is 12.9. The molecule has 5 heteroatoms. The average molecular weight is 275 g/mol.